The van der Waals surface area contributed by atoms with Gasteiger partial charge in [-0.1, -0.05) is 15.9 Å². The van der Waals surface area contributed by atoms with Crippen molar-refractivity contribution in [1.82, 2.24) is 4.98 Å². The van der Waals surface area contributed by atoms with Gasteiger partial charge in [-0.05, 0) is 36.8 Å². The van der Waals surface area contributed by atoms with Crippen molar-refractivity contribution in [1.29, 1.82) is 0 Å². The van der Waals surface area contributed by atoms with Gasteiger partial charge in [0.1, 0.15) is 0 Å². The number of carbonyl (C=O) groups excluding carboxylic acids is 1. The number of hydrogen-bond donors (Lipinski definition) is 1. The summed E-state index contributed by atoms with van der Waals surface area (Å²) < 4.78 is 0.998. The SMILES string of the molecule is Cc1cc(Br)ccc1NC(=O)/C=C/c1cncs1. The Hall–Kier alpha value is -1.46. The van der Waals surface area contributed by atoms with Gasteiger partial charge in [-0.25, -0.2) is 0 Å². The van der Waals surface area contributed by atoms with Crippen molar-refractivity contribution in [2.75, 3.05) is 5.32 Å². The first-order valence-electron chi connectivity index (χ1n) is 5.29. The summed E-state index contributed by atoms with van der Waals surface area (Å²) in [6.07, 6.45) is 4.98. The van der Waals surface area contributed by atoms with E-state index in [1.54, 1.807) is 17.8 Å². The minimum absolute atomic E-state index is 0.145. The van der Waals surface area contributed by atoms with Gasteiger partial charge in [0.05, 0.1) is 5.51 Å². The van der Waals surface area contributed by atoms with Gasteiger partial charge in [0, 0.05) is 27.3 Å². The number of benzene rings is 1. The lowest BCUT2D eigenvalue weighted by molar-refractivity contribution is -0.111. The Morgan fingerprint density at radius 2 is 2.33 bits per heavy atom. The molecule has 1 N–H and O–H groups in total. The molecule has 1 aromatic carbocycles. The van der Waals surface area contributed by atoms with E-state index >= 15 is 0 Å². The molecule has 0 saturated heterocycles. The molecule has 1 aromatic heterocycles. The minimum Gasteiger partial charge on any atom is -0.322 e. The van der Waals surface area contributed by atoms with E-state index in [0.717, 1.165) is 20.6 Å². The molecule has 0 aliphatic heterocycles. The zero-order valence-corrected chi connectivity index (χ0v) is 12.1. The van der Waals surface area contributed by atoms with Gasteiger partial charge in [0.25, 0.3) is 0 Å². The number of nitrogens with zero attached hydrogens (tertiary/aromatic N) is 1. The van der Waals surface area contributed by atoms with E-state index < -0.39 is 0 Å². The molecule has 0 aliphatic rings. The summed E-state index contributed by atoms with van der Waals surface area (Å²) in [5.41, 5.74) is 3.57. The number of aromatic nitrogens is 1. The number of amides is 1. The van der Waals surface area contributed by atoms with Crippen LogP contribution in [-0.4, -0.2) is 10.9 Å². The van der Waals surface area contributed by atoms with Crippen LogP contribution in [0.15, 0.2) is 40.5 Å². The third-order valence-electron chi connectivity index (χ3n) is 2.30. The lowest BCUT2D eigenvalue weighted by Crippen LogP contribution is -2.08. The van der Waals surface area contributed by atoms with Crippen molar-refractivity contribution in [3.8, 4) is 0 Å². The van der Waals surface area contributed by atoms with E-state index in [9.17, 15) is 4.79 Å². The summed E-state index contributed by atoms with van der Waals surface area (Å²) in [7, 11) is 0. The van der Waals surface area contributed by atoms with Crippen molar-refractivity contribution in [3.63, 3.8) is 0 Å². The lowest BCUT2D eigenvalue weighted by atomic mass is 10.2. The van der Waals surface area contributed by atoms with Crippen LogP contribution in [-0.2, 0) is 4.79 Å². The van der Waals surface area contributed by atoms with Gasteiger partial charge in [-0.15, -0.1) is 11.3 Å². The zero-order chi connectivity index (χ0) is 13.0. The third kappa shape index (κ3) is 3.51. The molecule has 0 radical (unpaired) electrons. The highest BCUT2D eigenvalue weighted by Gasteiger charge is 2.02. The number of halogens is 1. The maximum Gasteiger partial charge on any atom is 0.248 e. The van der Waals surface area contributed by atoms with Crippen LogP contribution >= 0.6 is 27.3 Å². The highest BCUT2D eigenvalue weighted by atomic mass is 79.9. The molecule has 0 saturated carbocycles. The topological polar surface area (TPSA) is 42.0 Å². The fourth-order valence-corrected chi connectivity index (χ4v) is 2.39. The average molecular weight is 323 g/mol. The predicted octanol–water partition coefficient (Wildman–Crippen LogP) is 3.87. The van der Waals surface area contributed by atoms with Crippen LogP contribution < -0.4 is 5.32 Å². The first kappa shape index (κ1) is 13.0. The molecule has 3 nitrogen and oxygen atoms in total. The van der Waals surface area contributed by atoms with Gasteiger partial charge >= 0.3 is 0 Å². The second-order valence-corrected chi connectivity index (χ2v) is 5.52. The smallest absolute Gasteiger partial charge is 0.248 e. The fraction of sp³-hybridized carbons (Fsp3) is 0.0769. The summed E-state index contributed by atoms with van der Waals surface area (Å²) in [5.74, 6) is -0.145. The molecular weight excluding hydrogens is 312 g/mol. The molecular formula is C13H11BrN2OS. The van der Waals surface area contributed by atoms with Crippen molar-refractivity contribution in [2.45, 2.75) is 6.92 Å². The Morgan fingerprint density at radius 3 is 3.00 bits per heavy atom. The Morgan fingerprint density at radius 1 is 1.50 bits per heavy atom. The van der Waals surface area contributed by atoms with Crippen LogP contribution in [0.25, 0.3) is 6.08 Å². The maximum absolute atomic E-state index is 11.7. The molecule has 0 atom stereocenters. The van der Waals surface area contributed by atoms with Gasteiger partial charge in [0.2, 0.25) is 5.91 Å². The summed E-state index contributed by atoms with van der Waals surface area (Å²) in [5, 5.41) is 2.84. The minimum atomic E-state index is -0.145. The van der Waals surface area contributed by atoms with E-state index in [4.69, 9.17) is 0 Å². The predicted molar refractivity (Wildman–Crippen MR) is 78.7 cm³/mol. The highest BCUT2D eigenvalue weighted by molar-refractivity contribution is 9.10. The third-order valence-corrected chi connectivity index (χ3v) is 3.53. The second-order valence-electron chi connectivity index (χ2n) is 3.69. The summed E-state index contributed by atoms with van der Waals surface area (Å²) >= 11 is 4.88. The van der Waals surface area contributed by atoms with Crippen LogP contribution in [0.4, 0.5) is 5.69 Å². The Labute approximate surface area is 118 Å². The number of anilines is 1. The van der Waals surface area contributed by atoms with Crippen molar-refractivity contribution in [3.05, 3.63) is 50.9 Å². The quantitative estimate of drug-likeness (QED) is 0.872. The molecule has 0 spiro atoms. The second kappa shape index (κ2) is 5.93. The Bertz CT molecular complexity index is 579. The van der Waals surface area contributed by atoms with Crippen molar-refractivity contribution in [2.24, 2.45) is 0 Å². The van der Waals surface area contributed by atoms with Gasteiger partial charge in [-0.2, -0.15) is 0 Å². The average Bonchev–Trinajstić information content (AvgIpc) is 2.83. The highest BCUT2D eigenvalue weighted by Crippen LogP contribution is 2.20. The number of carbonyl (C=O) groups is 1. The molecule has 0 aliphatic carbocycles. The summed E-state index contributed by atoms with van der Waals surface area (Å²) in [6, 6.07) is 5.73. The summed E-state index contributed by atoms with van der Waals surface area (Å²) in [6.45, 7) is 1.95. The van der Waals surface area contributed by atoms with E-state index in [0.29, 0.717) is 0 Å². The molecule has 0 unspecified atom stereocenters. The fourth-order valence-electron chi connectivity index (χ4n) is 1.41. The first-order valence-corrected chi connectivity index (χ1v) is 6.96. The van der Waals surface area contributed by atoms with Crippen molar-refractivity contribution >= 4 is 44.9 Å². The Kier molecular flexibility index (Phi) is 4.28. The molecule has 1 amide bonds. The van der Waals surface area contributed by atoms with E-state index in [1.165, 1.54) is 17.4 Å². The van der Waals surface area contributed by atoms with Crippen molar-refractivity contribution < 1.29 is 4.79 Å². The van der Waals surface area contributed by atoms with Crippen LogP contribution in [0, 0.1) is 6.92 Å². The standard InChI is InChI=1S/C13H11BrN2OS/c1-9-6-10(14)2-4-12(9)16-13(17)5-3-11-7-15-8-18-11/h2-8H,1H3,(H,16,17)/b5-3+. The normalized spacial score (nSPS) is 10.8. The number of rotatable bonds is 3. The van der Waals surface area contributed by atoms with E-state index in [1.807, 2.05) is 25.1 Å². The lowest BCUT2D eigenvalue weighted by Gasteiger charge is -2.06. The van der Waals surface area contributed by atoms with Crippen LogP contribution in [0.1, 0.15) is 10.4 Å². The molecule has 1 heterocycles. The molecule has 2 rings (SSSR count). The number of hydrogen-bond acceptors (Lipinski definition) is 3. The first-order chi connectivity index (χ1) is 8.65. The van der Waals surface area contributed by atoms with Crippen LogP contribution in [0.2, 0.25) is 0 Å². The molecule has 5 heteroatoms. The van der Waals surface area contributed by atoms with E-state index in [2.05, 4.69) is 26.2 Å². The Balaban J connectivity index is 2.03. The van der Waals surface area contributed by atoms with E-state index in [-0.39, 0.29) is 5.91 Å². The van der Waals surface area contributed by atoms with Gasteiger partial charge in [0.15, 0.2) is 0 Å². The maximum atomic E-state index is 11.7. The number of nitrogens with one attached hydrogen (secondary N) is 1. The molecule has 92 valence electrons. The largest absolute Gasteiger partial charge is 0.322 e. The number of aryl methyl sites for hydroxylation is 1. The molecule has 2 aromatic rings. The molecule has 0 fully saturated rings. The zero-order valence-electron chi connectivity index (χ0n) is 9.68. The van der Waals surface area contributed by atoms with Gasteiger partial charge < -0.3 is 5.32 Å². The monoisotopic (exact) mass is 322 g/mol. The molecule has 18 heavy (non-hydrogen) atoms. The van der Waals surface area contributed by atoms with Crippen LogP contribution in [0.5, 0.6) is 0 Å². The molecule has 0 bridgehead atoms. The summed E-state index contributed by atoms with van der Waals surface area (Å²) in [4.78, 5) is 16.6. The van der Waals surface area contributed by atoms with Crippen LogP contribution in [0.3, 0.4) is 0 Å². The number of thiazole rings is 1. The van der Waals surface area contributed by atoms with Gasteiger partial charge in [-0.3, -0.25) is 9.78 Å².